The van der Waals surface area contributed by atoms with Gasteiger partial charge in [-0.3, -0.25) is 0 Å². The first-order chi connectivity index (χ1) is 9.15. The minimum Gasteiger partial charge on any atom is -0.467 e. The molecule has 19 heavy (non-hydrogen) atoms. The lowest BCUT2D eigenvalue weighted by Gasteiger charge is -2.32. The number of anilines is 1. The maximum Gasteiger partial charge on any atom is 0.336 e. The third-order valence-electron chi connectivity index (χ3n) is 2.96. The first-order valence-corrected chi connectivity index (χ1v) is 5.98. The number of morpholine rings is 1. The molecule has 0 N–H and O–H groups in total. The van der Waals surface area contributed by atoms with Crippen molar-refractivity contribution in [1.82, 2.24) is 4.98 Å². The summed E-state index contributed by atoms with van der Waals surface area (Å²) < 4.78 is 10.0. The SMILES string of the molecule is COC(=O)C1CN(c2nc(C)ccc2C#N)CCO1. The number of ether oxygens (including phenoxy) is 2. The monoisotopic (exact) mass is 261 g/mol. The van der Waals surface area contributed by atoms with Crippen LogP contribution >= 0.6 is 0 Å². The number of nitriles is 1. The van der Waals surface area contributed by atoms with Crippen LogP contribution in [0.2, 0.25) is 0 Å². The van der Waals surface area contributed by atoms with Crippen molar-refractivity contribution in [2.24, 2.45) is 0 Å². The quantitative estimate of drug-likeness (QED) is 0.727. The van der Waals surface area contributed by atoms with Gasteiger partial charge in [0.25, 0.3) is 0 Å². The van der Waals surface area contributed by atoms with Crippen molar-refractivity contribution in [2.45, 2.75) is 13.0 Å². The topological polar surface area (TPSA) is 75.5 Å². The summed E-state index contributed by atoms with van der Waals surface area (Å²) >= 11 is 0. The maximum atomic E-state index is 11.5. The average molecular weight is 261 g/mol. The summed E-state index contributed by atoms with van der Waals surface area (Å²) in [5.74, 6) is 0.190. The number of pyridine rings is 1. The van der Waals surface area contributed by atoms with Gasteiger partial charge in [-0.05, 0) is 19.1 Å². The van der Waals surface area contributed by atoms with Crippen molar-refractivity contribution >= 4 is 11.8 Å². The number of carbonyl (C=O) groups is 1. The Kier molecular flexibility index (Phi) is 3.97. The van der Waals surface area contributed by atoms with Crippen molar-refractivity contribution in [3.63, 3.8) is 0 Å². The van der Waals surface area contributed by atoms with Gasteiger partial charge in [0.1, 0.15) is 11.9 Å². The van der Waals surface area contributed by atoms with Gasteiger partial charge < -0.3 is 14.4 Å². The van der Waals surface area contributed by atoms with Crippen LogP contribution in [0.15, 0.2) is 12.1 Å². The Labute approximate surface area is 111 Å². The normalized spacial score (nSPS) is 18.8. The van der Waals surface area contributed by atoms with Crippen molar-refractivity contribution in [3.8, 4) is 6.07 Å². The summed E-state index contributed by atoms with van der Waals surface area (Å²) in [4.78, 5) is 17.8. The molecule has 1 aliphatic rings. The predicted octanol–water partition coefficient (Wildman–Crippen LogP) is 0.640. The second-order valence-electron chi connectivity index (χ2n) is 4.26. The van der Waals surface area contributed by atoms with E-state index in [4.69, 9.17) is 10.00 Å². The van der Waals surface area contributed by atoms with Crippen LogP contribution in [-0.4, -0.2) is 43.9 Å². The number of esters is 1. The molecular formula is C13H15N3O3. The molecule has 6 heteroatoms. The molecule has 1 atom stereocenters. The first kappa shape index (κ1) is 13.3. The molecule has 2 heterocycles. The van der Waals surface area contributed by atoms with Crippen molar-refractivity contribution in [3.05, 3.63) is 23.4 Å². The number of aromatic nitrogens is 1. The van der Waals surface area contributed by atoms with Crippen LogP contribution in [0.4, 0.5) is 5.82 Å². The summed E-state index contributed by atoms with van der Waals surface area (Å²) in [6.45, 7) is 3.21. The zero-order valence-corrected chi connectivity index (χ0v) is 10.9. The van der Waals surface area contributed by atoms with Crippen molar-refractivity contribution < 1.29 is 14.3 Å². The Morgan fingerprint density at radius 2 is 2.42 bits per heavy atom. The number of rotatable bonds is 2. The van der Waals surface area contributed by atoms with Gasteiger partial charge in [0.2, 0.25) is 0 Å². The lowest BCUT2D eigenvalue weighted by atomic mass is 10.2. The fourth-order valence-electron chi connectivity index (χ4n) is 1.99. The van der Waals surface area contributed by atoms with E-state index in [1.54, 1.807) is 12.1 Å². The summed E-state index contributed by atoms with van der Waals surface area (Å²) in [7, 11) is 1.33. The van der Waals surface area contributed by atoms with Gasteiger partial charge in [0.15, 0.2) is 6.10 Å². The molecule has 0 spiro atoms. The van der Waals surface area contributed by atoms with E-state index >= 15 is 0 Å². The molecule has 1 aromatic rings. The molecular weight excluding hydrogens is 246 g/mol. The molecule has 0 bridgehead atoms. The fourth-order valence-corrected chi connectivity index (χ4v) is 1.99. The van der Waals surface area contributed by atoms with Gasteiger partial charge in [-0.15, -0.1) is 0 Å². The third kappa shape index (κ3) is 2.83. The van der Waals surface area contributed by atoms with E-state index in [1.165, 1.54) is 7.11 Å². The van der Waals surface area contributed by atoms with E-state index in [0.717, 1.165) is 5.69 Å². The van der Waals surface area contributed by atoms with E-state index in [1.807, 2.05) is 11.8 Å². The summed E-state index contributed by atoms with van der Waals surface area (Å²) in [5, 5.41) is 9.12. The number of carbonyl (C=O) groups excluding carboxylic acids is 1. The predicted molar refractivity (Wildman–Crippen MR) is 67.7 cm³/mol. The van der Waals surface area contributed by atoms with E-state index in [2.05, 4.69) is 15.8 Å². The maximum absolute atomic E-state index is 11.5. The molecule has 0 radical (unpaired) electrons. The van der Waals surface area contributed by atoms with Crippen LogP contribution in [0.3, 0.4) is 0 Å². The minimum absolute atomic E-state index is 0.345. The van der Waals surface area contributed by atoms with Crippen LogP contribution in [0, 0.1) is 18.3 Å². The Bertz CT molecular complexity index is 524. The fraction of sp³-hybridized carbons (Fsp3) is 0.462. The van der Waals surface area contributed by atoms with E-state index in [0.29, 0.717) is 31.1 Å². The number of aryl methyl sites for hydroxylation is 1. The van der Waals surface area contributed by atoms with E-state index < -0.39 is 12.1 Å². The van der Waals surface area contributed by atoms with Crippen molar-refractivity contribution in [2.75, 3.05) is 31.7 Å². The molecule has 2 rings (SSSR count). The Morgan fingerprint density at radius 1 is 1.63 bits per heavy atom. The highest BCUT2D eigenvalue weighted by atomic mass is 16.6. The van der Waals surface area contributed by atoms with Crippen LogP contribution in [0.5, 0.6) is 0 Å². The standard InChI is InChI=1S/C13H15N3O3/c1-9-3-4-10(7-14)12(15-9)16-5-6-19-11(8-16)13(17)18-2/h3-4,11H,5-6,8H2,1-2H3. The molecule has 1 fully saturated rings. The molecule has 0 aliphatic carbocycles. The van der Waals surface area contributed by atoms with Gasteiger partial charge in [0.05, 0.1) is 25.8 Å². The highest BCUT2D eigenvalue weighted by molar-refractivity contribution is 5.75. The Balaban J connectivity index is 2.24. The minimum atomic E-state index is -0.632. The lowest BCUT2D eigenvalue weighted by Crippen LogP contribution is -2.47. The van der Waals surface area contributed by atoms with Gasteiger partial charge in [-0.1, -0.05) is 0 Å². The van der Waals surface area contributed by atoms with Crippen molar-refractivity contribution in [1.29, 1.82) is 5.26 Å². The number of methoxy groups -OCH3 is 1. The molecule has 0 amide bonds. The average Bonchev–Trinajstić information content (AvgIpc) is 2.46. The smallest absolute Gasteiger partial charge is 0.336 e. The van der Waals surface area contributed by atoms with Crippen LogP contribution in [0.25, 0.3) is 0 Å². The summed E-state index contributed by atoms with van der Waals surface area (Å²) in [6, 6.07) is 5.65. The Hall–Kier alpha value is -2.13. The van der Waals surface area contributed by atoms with Crippen LogP contribution in [-0.2, 0) is 14.3 Å². The highest BCUT2D eigenvalue weighted by Gasteiger charge is 2.29. The Morgan fingerprint density at radius 3 is 3.11 bits per heavy atom. The van der Waals surface area contributed by atoms with Gasteiger partial charge >= 0.3 is 5.97 Å². The van der Waals surface area contributed by atoms with Gasteiger partial charge in [0, 0.05) is 12.2 Å². The molecule has 1 unspecified atom stereocenters. The molecule has 1 aromatic heterocycles. The van der Waals surface area contributed by atoms with E-state index in [9.17, 15) is 4.79 Å². The highest BCUT2D eigenvalue weighted by Crippen LogP contribution is 2.20. The molecule has 1 aliphatic heterocycles. The lowest BCUT2D eigenvalue weighted by molar-refractivity contribution is -0.154. The number of hydrogen-bond donors (Lipinski definition) is 0. The molecule has 100 valence electrons. The molecule has 6 nitrogen and oxygen atoms in total. The van der Waals surface area contributed by atoms with Gasteiger partial charge in [-0.2, -0.15) is 5.26 Å². The first-order valence-electron chi connectivity index (χ1n) is 5.98. The molecule has 0 saturated carbocycles. The van der Waals surface area contributed by atoms with E-state index in [-0.39, 0.29) is 0 Å². The number of nitrogens with zero attached hydrogens (tertiary/aromatic N) is 3. The molecule has 1 saturated heterocycles. The largest absolute Gasteiger partial charge is 0.467 e. The number of hydrogen-bond acceptors (Lipinski definition) is 6. The summed E-state index contributed by atoms with van der Waals surface area (Å²) in [5.41, 5.74) is 1.33. The summed E-state index contributed by atoms with van der Waals surface area (Å²) in [6.07, 6.45) is -0.632. The van der Waals surface area contributed by atoms with Gasteiger partial charge in [-0.25, -0.2) is 9.78 Å². The second-order valence-corrected chi connectivity index (χ2v) is 4.26. The zero-order chi connectivity index (χ0) is 13.8. The second kappa shape index (κ2) is 5.67. The molecule has 0 aromatic carbocycles. The van der Waals surface area contributed by atoms with Crippen LogP contribution < -0.4 is 4.90 Å². The van der Waals surface area contributed by atoms with Crippen LogP contribution in [0.1, 0.15) is 11.3 Å². The third-order valence-corrected chi connectivity index (χ3v) is 2.96. The zero-order valence-electron chi connectivity index (χ0n) is 10.9.